The second-order valence-corrected chi connectivity index (χ2v) is 5.89. The van der Waals surface area contributed by atoms with Crippen molar-refractivity contribution in [3.05, 3.63) is 66.0 Å². The molecule has 1 aliphatic carbocycles. The minimum atomic E-state index is -2.67. The van der Waals surface area contributed by atoms with E-state index in [9.17, 15) is 13.6 Å². The van der Waals surface area contributed by atoms with Crippen molar-refractivity contribution in [1.29, 1.82) is 0 Å². The Morgan fingerprint density at radius 1 is 1.17 bits per heavy atom. The van der Waals surface area contributed by atoms with Gasteiger partial charge in [0.15, 0.2) is 0 Å². The van der Waals surface area contributed by atoms with Gasteiger partial charge in [0.1, 0.15) is 6.04 Å². The Hall–Kier alpha value is -2.50. The molecule has 1 heterocycles. The first-order chi connectivity index (χ1) is 11.6. The van der Waals surface area contributed by atoms with Gasteiger partial charge in [0.05, 0.1) is 0 Å². The first-order valence-corrected chi connectivity index (χ1v) is 7.94. The van der Waals surface area contributed by atoms with Gasteiger partial charge in [-0.15, -0.1) is 0 Å². The lowest BCUT2D eigenvalue weighted by Crippen LogP contribution is -2.44. The number of pyridine rings is 1. The summed E-state index contributed by atoms with van der Waals surface area (Å²) < 4.78 is 26.8. The van der Waals surface area contributed by atoms with Crippen LogP contribution >= 0.6 is 0 Å². The van der Waals surface area contributed by atoms with Gasteiger partial charge in [0.2, 0.25) is 0 Å². The van der Waals surface area contributed by atoms with Gasteiger partial charge in [-0.25, -0.2) is 13.6 Å². The quantitative estimate of drug-likeness (QED) is 0.876. The number of aromatic nitrogens is 1. The van der Waals surface area contributed by atoms with Crippen molar-refractivity contribution in [1.82, 2.24) is 15.2 Å². The van der Waals surface area contributed by atoms with Crippen molar-refractivity contribution in [2.45, 2.75) is 37.9 Å². The number of benzene rings is 1. The predicted molar refractivity (Wildman–Crippen MR) is 86.5 cm³/mol. The van der Waals surface area contributed by atoms with Crippen LogP contribution < -0.4 is 5.32 Å². The van der Waals surface area contributed by atoms with E-state index >= 15 is 0 Å². The lowest BCUT2D eigenvalue weighted by Gasteiger charge is -2.26. The average molecular weight is 331 g/mol. The maximum Gasteiger partial charge on any atom is 0.318 e. The average Bonchev–Trinajstić information content (AvgIpc) is 3.43. The number of urea groups is 1. The molecule has 2 aromatic rings. The number of rotatable bonds is 6. The number of hydrogen-bond donors (Lipinski definition) is 1. The van der Waals surface area contributed by atoms with Crippen LogP contribution in [0.3, 0.4) is 0 Å². The molecule has 0 radical (unpaired) electrons. The highest BCUT2D eigenvalue weighted by Crippen LogP contribution is 2.29. The van der Waals surface area contributed by atoms with Crippen LogP contribution in [0.25, 0.3) is 0 Å². The minimum Gasteiger partial charge on any atom is -0.325 e. The second-order valence-electron chi connectivity index (χ2n) is 5.89. The fourth-order valence-electron chi connectivity index (χ4n) is 2.61. The van der Waals surface area contributed by atoms with Crippen molar-refractivity contribution in [3.63, 3.8) is 0 Å². The maximum absolute atomic E-state index is 13.4. The zero-order valence-corrected chi connectivity index (χ0v) is 13.1. The Bertz CT molecular complexity index is 662. The highest BCUT2D eigenvalue weighted by atomic mass is 19.3. The van der Waals surface area contributed by atoms with Gasteiger partial charge in [-0.3, -0.25) is 4.98 Å². The second kappa shape index (κ2) is 7.38. The molecule has 1 N–H and O–H groups in total. The standard InChI is InChI=1S/C18H19F2N3O/c19-17(20)16(14-4-2-1-3-5-14)22-18(24)23(15-6-7-15)12-13-8-10-21-11-9-13/h1-5,8-11,15-17H,6-7,12H2,(H,22,24)/t16-/m1/s1. The van der Waals surface area contributed by atoms with Gasteiger partial charge < -0.3 is 10.2 Å². The van der Waals surface area contributed by atoms with Crippen LogP contribution in [-0.2, 0) is 6.54 Å². The van der Waals surface area contributed by atoms with Gasteiger partial charge in [0, 0.05) is 25.0 Å². The zero-order valence-electron chi connectivity index (χ0n) is 13.1. The minimum absolute atomic E-state index is 0.118. The molecule has 0 aliphatic heterocycles. The van der Waals surface area contributed by atoms with Crippen LogP contribution in [0.5, 0.6) is 0 Å². The van der Waals surface area contributed by atoms with E-state index in [1.807, 2.05) is 12.1 Å². The van der Waals surface area contributed by atoms with Crippen molar-refractivity contribution in [2.24, 2.45) is 0 Å². The fraction of sp³-hybridized carbons (Fsp3) is 0.333. The summed E-state index contributed by atoms with van der Waals surface area (Å²) in [4.78, 5) is 18.2. The summed E-state index contributed by atoms with van der Waals surface area (Å²) in [6.45, 7) is 0.393. The van der Waals surface area contributed by atoms with E-state index in [1.165, 1.54) is 0 Å². The third kappa shape index (κ3) is 4.07. The van der Waals surface area contributed by atoms with Crippen LogP contribution in [0.4, 0.5) is 13.6 Å². The normalized spacial score (nSPS) is 15.1. The summed E-state index contributed by atoms with van der Waals surface area (Å²) >= 11 is 0. The monoisotopic (exact) mass is 331 g/mol. The molecule has 6 heteroatoms. The van der Waals surface area contributed by atoms with Crippen molar-refractivity contribution >= 4 is 6.03 Å². The van der Waals surface area contributed by atoms with E-state index in [4.69, 9.17) is 0 Å². The Morgan fingerprint density at radius 2 is 1.83 bits per heavy atom. The highest BCUT2D eigenvalue weighted by Gasteiger charge is 2.35. The van der Waals surface area contributed by atoms with Gasteiger partial charge in [-0.2, -0.15) is 0 Å². The summed E-state index contributed by atoms with van der Waals surface area (Å²) in [6.07, 6.45) is 2.46. The van der Waals surface area contributed by atoms with E-state index < -0.39 is 18.5 Å². The molecule has 0 unspecified atom stereocenters. The molecule has 1 aromatic carbocycles. The molecule has 2 amide bonds. The molecule has 1 saturated carbocycles. The molecule has 1 fully saturated rings. The summed E-state index contributed by atoms with van der Waals surface area (Å²) in [5.41, 5.74) is 1.33. The van der Waals surface area contributed by atoms with Gasteiger partial charge in [-0.05, 0) is 36.1 Å². The maximum atomic E-state index is 13.4. The molecule has 0 spiro atoms. The topological polar surface area (TPSA) is 45.2 Å². The third-order valence-corrected chi connectivity index (χ3v) is 4.04. The number of halogens is 2. The predicted octanol–water partition coefficient (Wildman–Crippen LogP) is 3.76. The third-order valence-electron chi connectivity index (χ3n) is 4.04. The van der Waals surface area contributed by atoms with E-state index in [0.29, 0.717) is 12.1 Å². The van der Waals surface area contributed by atoms with Gasteiger partial charge >= 0.3 is 6.03 Å². The Balaban J connectivity index is 1.72. The number of alkyl halides is 2. The van der Waals surface area contributed by atoms with Gasteiger partial charge in [0.25, 0.3) is 6.43 Å². The number of carbonyl (C=O) groups excluding carboxylic acids is 1. The van der Waals surface area contributed by atoms with E-state index in [1.54, 1.807) is 47.6 Å². The van der Waals surface area contributed by atoms with E-state index in [2.05, 4.69) is 10.3 Å². The van der Waals surface area contributed by atoms with Gasteiger partial charge in [-0.1, -0.05) is 30.3 Å². The molecule has 4 nitrogen and oxygen atoms in total. The first-order valence-electron chi connectivity index (χ1n) is 7.94. The summed E-state index contributed by atoms with van der Waals surface area (Å²) in [5.74, 6) is 0. The molecule has 1 aromatic heterocycles. The molecular formula is C18H19F2N3O. The first kappa shape index (κ1) is 16.4. The Labute approximate surface area is 139 Å². The van der Waals surface area contributed by atoms with Crippen molar-refractivity contribution < 1.29 is 13.6 Å². The number of hydrogen-bond acceptors (Lipinski definition) is 2. The van der Waals surface area contributed by atoms with Crippen LogP contribution in [0.15, 0.2) is 54.9 Å². The number of amides is 2. The van der Waals surface area contributed by atoms with E-state index in [0.717, 1.165) is 18.4 Å². The molecule has 24 heavy (non-hydrogen) atoms. The van der Waals surface area contributed by atoms with Crippen LogP contribution in [0.2, 0.25) is 0 Å². The lowest BCUT2D eigenvalue weighted by atomic mass is 10.1. The number of nitrogens with zero attached hydrogens (tertiary/aromatic N) is 2. The smallest absolute Gasteiger partial charge is 0.318 e. The molecule has 0 bridgehead atoms. The van der Waals surface area contributed by atoms with E-state index in [-0.39, 0.29) is 6.04 Å². The fourth-order valence-corrected chi connectivity index (χ4v) is 2.61. The zero-order chi connectivity index (χ0) is 16.9. The summed E-state index contributed by atoms with van der Waals surface area (Å²) in [7, 11) is 0. The van der Waals surface area contributed by atoms with Crippen LogP contribution in [0.1, 0.15) is 30.0 Å². The molecule has 1 aliphatic rings. The Morgan fingerprint density at radius 3 is 2.42 bits per heavy atom. The number of nitrogens with one attached hydrogen (secondary N) is 1. The lowest BCUT2D eigenvalue weighted by molar-refractivity contribution is 0.0954. The highest BCUT2D eigenvalue weighted by molar-refractivity contribution is 5.75. The van der Waals surface area contributed by atoms with Crippen molar-refractivity contribution in [2.75, 3.05) is 0 Å². The largest absolute Gasteiger partial charge is 0.325 e. The summed E-state index contributed by atoms with van der Waals surface area (Å²) in [5, 5.41) is 2.50. The molecule has 1 atom stereocenters. The number of carbonyl (C=O) groups is 1. The molecule has 3 rings (SSSR count). The van der Waals surface area contributed by atoms with Crippen molar-refractivity contribution in [3.8, 4) is 0 Å². The molecular weight excluding hydrogens is 312 g/mol. The Kier molecular flexibility index (Phi) is 5.03. The summed E-state index contributed by atoms with van der Waals surface area (Å²) in [6, 6.07) is 10.3. The van der Waals surface area contributed by atoms with Crippen LogP contribution in [-0.4, -0.2) is 28.4 Å². The van der Waals surface area contributed by atoms with Crippen LogP contribution in [0, 0.1) is 0 Å². The molecule has 126 valence electrons. The SMILES string of the molecule is O=C(N[C@H](c1ccccc1)C(F)F)N(Cc1ccncc1)C1CC1. The molecule has 0 saturated heterocycles.